The van der Waals surface area contributed by atoms with E-state index in [1.807, 2.05) is 44.3 Å². The van der Waals surface area contributed by atoms with Gasteiger partial charge in [-0.25, -0.2) is 4.98 Å². The number of amides is 1. The number of nitrogens with zero attached hydrogens (tertiary/aromatic N) is 3. The largest absolute Gasteiger partial charge is 0.341 e. The quantitative estimate of drug-likeness (QED) is 0.793. The molecule has 104 valence electrons. The zero-order chi connectivity index (χ0) is 14.4. The first-order valence-electron chi connectivity index (χ1n) is 6.34. The average Bonchev–Trinajstić information content (AvgIpc) is 2.46. The monoisotopic (exact) mass is 287 g/mol. The van der Waals surface area contributed by atoms with Crippen molar-refractivity contribution in [3.63, 3.8) is 0 Å². The standard InChI is InChI=1S/C15H17N3OS/c1-12-9-13(6-8-16-12)10-18(2)15(19)11-20-14-5-3-4-7-17-14/h3-9H,10-11H2,1-2H3. The summed E-state index contributed by atoms with van der Waals surface area (Å²) in [7, 11) is 1.82. The van der Waals surface area contributed by atoms with Crippen molar-refractivity contribution in [1.29, 1.82) is 0 Å². The zero-order valence-electron chi connectivity index (χ0n) is 11.6. The van der Waals surface area contributed by atoms with E-state index in [-0.39, 0.29) is 5.91 Å². The Morgan fingerprint density at radius 1 is 1.25 bits per heavy atom. The van der Waals surface area contributed by atoms with E-state index in [0.717, 1.165) is 16.3 Å². The maximum Gasteiger partial charge on any atom is 0.233 e. The van der Waals surface area contributed by atoms with E-state index >= 15 is 0 Å². The molecule has 0 radical (unpaired) electrons. The van der Waals surface area contributed by atoms with E-state index < -0.39 is 0 Å². The maximum absolute atomic E-state index is 12.1. The van der Waals surface area contributed by atoms with E-state index in [4.69, 9.17) is 0 Å². The van der Waals surface area contributed by atoms with Crippen LogP contribution in [0.3, 0.4) is 0 Å². The molecule has 0 aromatic carbocycles. The van der Waals surface area contributed by atoms with Crippen LogP contribution in [0.5, 0.6) is 0 Å². The van der Waals surface area contributed by atoms with Crippen LogP contribution in [0.25, 0.3) is 0 Å². The summed E-state index contributed by atoms with van der Waals surface area (Å²) in [5, 5.41) is 0.869. The Bertz CT molecular complexity index is 574. The van der Waals surface area contributed by atoms with Gasteiger partial charge in [0.25, 0.3) is 0 Å². The molecule has 0 aliphatic carbocycles. The van der Waals surface area contributed by atoms with E-state index in [9.17, 15) is 4.79 Å². The van der Waals surface area contributed by atoms with E-state index in [1.54, 1.807) is 17.3 Å². The SMILES string of the molecule is Cc1cc(CN(C)C(=O)CSc2ccccn2)ccn1. The third kappa shape index (κ3) is 4.35. The van der Waals surface area contributed by atoms with Crippen molar-refractivity contribution < 1.29 is 4.79 Å². The molecule has 0 spiro atoms. The molecule has 5 heteroatoms. The predicted molar refractivity (Wildman–Crippen MR) is 80.4 cm³/mol. The average molecular weight is 287 g/mol. The molecule has 2 heterocycles. The van der Waals surface area contributed by atoms with Crippen LogP contribution in [0, 0.1) is 6.92 Å². The van der Waals surface area contributed by atoms with Crippen LogP contribution in [-0.4, -0.2) is 33.6 Å². The third-order valence-corrected chi connectivity index (χ3v) is 3.72. The molecule has 0 fully saturated rings. The Kier molecular flexibility index (Phi) is 5.12. The number of rotatable bonds is 5. The molecule has 0 N–H and O–H groups in total. The Hall–Kier alpha value is -1.88. The molecule has 4 nitrogen and oxygen atoms in total. The highest BCUT2D eigenvalue weighted by Gasteiger charge is 2.10. The Morgan fingerprint density at radius 2 is 2.10 bits per heavy atom. The lowest BCUT2D eigenvalue weighted by atomic mass is 10.2. The maximum atomic E-state index is 12.1. The molecule has 0 unspecified atom stereocenters. The van der Waals surface area contributed by atoms with Gasteiger partial charge in [-0.3, -0.25) is 9.78 Å². The summed E-state index contributed by atoms with van der Waals surface area (Å²) in [4.78, 5) is 22.1. The van der Waals surface area contributed by atoms with Gasteiger partial charge in [-0.15, -0.1) is 0 Å². The summed E-state index contributed by atoms with van der Waals surface area (Å²) in [6.07, 6.45) is 3.50. The molecule has 0 aliphatic heterocycles. The van der Waals surface area contributed by atoms with Crippen molar-refractivity contribution in [3.8, 4) is 0 Å². The lowest BCUT2D eigenvalue weighted by Gasteiger charge is -2.17. The fraction of sp³-hybridized carbons (Fsp3) is 0.267. The Labute approximate surface area is 123 Å². The third-order valence-electron chi connectivity index (χ3n) is 2.79. The van der Waals surface area contributed by atoms with Gasteiger partial charge in [-0.05, 0) is 36.8 Å². The minimum Gasteiger partial charge on any atom is -0.341 e. The van der Waals surface area contributed by atoms with Gasteiger partial charge >= 0.3 is 0 Å². The molecule has 0 aliphatic rings. The van der Waals surface area contributed by atoms with Crippen LogP contribution < -0.4 is 0 Å². The number of thioether (sulfide) groups is 1. The van der Waals surface area contributed by atoms with Crippen LogP contribution in [0.4, 0.5) is 0 Å². The lowest BCUT2D eigenvalue weighted by molar-refractivity contribution is -0.127. The van der Waals surface area contributed by atoms with Crippen LogP contribution in [-0.2, 0) is 11.3 Å². The van der Waals surface area contributed by atoms with E-state index in [1.165, 1.54) is 11.8 Å². The van der Waals surface area contributed by atoms with Crippen LogP contribution in [0.2, 0.25) is 0 Å². The normalized spacial score (nSPS) is 10.3. The molecule has 1 amide bonds. The van der Waals surface area contributed by atoms with Crippen LogP contribution in [0.15, 0.2) is 47.8 Å². The molecule has 0 atom stereocenters. The zero-order valence-corrected chi connectivity index (χ0v) is 12.4. The first-order valence-corrected chi connectivity index (χ1v) is 7.33. The fourth-order valence-electron chi connectivity index (χ4n) is 1.74. The van der Waals surface area contributed by atoms with Crippen molar-refractivity contribution in [2.75, 3.05) is 12.8 Å². The summed E-state index contributed by atoms with van der Waals surface area (Å²) < 4.78 is 0. The van der Waals surface area contributed by atoms with Crippen molar-refractivity contribution in [3.05, 3.63) is 54.0 Å². The number of pyridine rings is 2. The highest BCUT2D eigenvalue weighted by atomic mass is 32.2. The molecule has 0 saturated carbocycles. The van der Waals surface area contributed by atoms with Gasteiger partial charge in [0.1, 0.15) is 0 Å². The Balaban J connectivity index is 1.86. The highest BCUT2D eigenvalue weighted by Crippen LogP contribution is 2.15. The Morgan fingerprint density at radius 3 is 2.80 bits per heavy atom. The molecule has 2 aromatic rings. The topological polar surface area (TPSA) is 46.1 Å². The number of carbonyl (C=O) groups excluding carboxylic acids is 1. The minimum atomic E-state index is 0.0927. The van der Waals surface area contributed by atoms with Crippen LogP contribution >= 0.6 is 11.8 Å². The fourth-order valence-corrected chi connectivity index (χ4v) is 2.54. The smallest absolute Gasteiger partial charge is 0.233 e. The number of carbonyl (C=O) groups is 1. The summed E-state index contributed by atoms with van der Waals surface area (Å²) in [6, 6.07) is 9.62. The number of aromatic nitrogens is 2. The van der Waals surface area contributed by atoms with Gasteiger partial charge in [0.15, 0.2) is 0 Å². The van der Waals surface area contributed by atoms with Gasteiger partial charge in [0.2, 0.25) is 5.91 Å². The van der Waals surface area contributed by atoms with Crippen molar-refractivity contribution >= 4 is 17.7 Å². The number of hydrogen-bond acceptors (Lipinski definition) is 4. The van der Waals surface area contributed by atoms with E-state index in [2.05, 4.69) is 9.97 Å². The second-order valence-electron chi connectivity index (χ2n) is 4.51. The molecule has 0 bridgehead atoms. The molecular weight excluding hydrogens is 270 g/mol. The highest BCUT2D eigenvalue weighted by molar-refractivity contribution is 7.99. The van der Waals surface area contributed by atoms with Gasteiger partial charge < -0.3 is 4.90 Å². The second kappa shape index (κ2) is 7.05. The first-order chi connectivity index (χ1) is 9.65. The van der Waals surface area contributed by atoms with Gasteiger partial charge in [-0.2, -0.15) is 0 Å². The minimum absolute atomic E-state index is 0.0927. The molecule has 2 rings (SSSR count). The summed E-state index contributed by atoms with van der Waals surface area (Å²) in [5.41, 5.74) is 2.06. The molecule has 0 saturated heterocycles. The van der Waals surface area contributed by atoms with E-state index in [0.29, 0.717) is 12.3 Å². The summed E-state index contributed by atoms with van der Waals surface area (Å²) >= 11 is 1.46. The summed E-state index contributed by atoms with van der Waals surface area (Å²) in [5.74, 6) is 0.493. The predicted octanol–water partition coefficient (Wildman–Crippen LogP) is 2.54. The molecule has 20 heavy (non-hydrogen) atoms. The van der Waals surface area contributed by atoms with Crippen molar-refractivity contribution in [1.82, 2.24) is 14.9 Å². The summed E-state index contributed by atoms with van der Waals surface area (Å²) in [6.45, 7) is 2.55. The lowest BCUT2D eigenvalue weighted by Crippen LogP contribution is -2.27. The number of aryl methyl sites for hydroxylation is 1. The van der Waals surface area contributed by atoms with Crippen molar-refractivity contribution in [2.24, 2.45) is 0 Å². The van der Waals surface area contributed by atoms with Gasteiger partial charge in [-0.1, -0.05) is 17.8 Å². The van der Waals surface area contributed by atoms with Crippen LogP contribution in [0.1, 0.15) is 11.3 Å². The second-order valence-corrected chi connectivity index (χ2v) is 5.51. The van der Waals surface area contributed by atoms with Gasteiger partial charge in [0, 0.05) is 31.7 Å². The number of hydrogen-bond donors (Lipinski definition) is 0. The molecule has 2 aromatic heterocycles. The molecular formula is C15H17N3OS. The van der Waals surface area contributed by atoms with Crippen molar-refractivity contribution in [2.45, 2.75) is 18.5 Å². The first kappa shape index (κ1) is 14.5. The van der Waals surface area contributed by atoms with Gasteiger partial charge in [0.05, 0.1) is 10.8 Å².